The molecule has 0 aromatic heterocycles. The van der Waals surface area contributed by atoms with Crippen molar-refractivity contribution in [1.29, 1.82) is 0 Å². The number of cyclic esters (lactones) is 2. The lowest BCUT2D eigenvalue weighted by molar-refractivity contribution is 0.0443. The number of hydrogen-bond donors (Lipinski definition) is 1. The Morgan fingerprint density at radius 3 is 2.00 bits per heavy atom. The van der Waals surface area contributed by atoms with Gasteiger partial charge in [-0.1, -0.05) is 18.2 Å². The van der Waals surface area contributed by atoms with E-state index in [9.17, 15) is 14.4 Å². The quantitative estimate of drug-likeness (QED) is 0.521. The summed E-state index contributed by atoms with van der Waals surface area (Å²) in [6.07, 6.45) is 0. The van der Waals surface area contributed by atoms with Gasteiger partial charge >= 0.3 is 17.9 Å². The zero-order chi connectivity index (χ0) is 17.9. The number of aromatic carboxylic acids is 1. The molecule has 0 atom stereocenters. The van der Waals surface area contributed by atoms with Gasteiger partial charge in [-0.2, -0.15) is 0 Å². The van der Waals surface area contributed by atoms with Crippen LogP contribution in [-0.4, -0.2) is 44.2 Å². The minimum atomic E-state index is -1.15. The average molecular weight is 328 g/mol. The van der Waals surface area contributed by atoms with E-state index in [0.717, 1.165) is 10.5 Å². The number of carboxylic acid groups (broad SMARTS) is 1. The van der Waals surface area contributed by atoms with Crippen LogP contribution in [0.15, 0.2) is 48.5 Å². The molecule has 0 radical (unpaired) electrons. The fraction of sp³-hybridized carbons (Fsp3) is 0.167. The van der Waals surface area contributed by atoms with E-state index in [0.29, 0.717) is 0 Å². The van der Waals surface area contributed by atoms with Crippen LogP contribution in [0, 0.1) is 0 Å². The molecule has 1 aliphatic heterocycles. The van der Waals surface area contributed by atoms with Crippen LogP contribution in [0.4, 0.5) is 5.69 Å². The minimum Gasteiger partial charge on any atom is -0.478 e. The predicted molar refractivity (Wildman–Crippen MR) is 89.2 cm³/mol. The first kappa shape index (κ1) is 17.4. The fourth-order valence-corrected chi connectivity index (χ4v) is 2.09. The Kier molecular flexibility index (Phi) is 4.80. The number of carbonyl (C=O) groups excluding carboxylic acids is 2. The Hall–Kier alpha value is -2.99. The SMILES string of the molecule is C[N+](C)(C)c1ccccc1.O=C(O)c1ccc2c(c1)C(=O)OC2=O. The van der Waals surface area contributed by atoms with Crippen LogP contribution in [-0.2, 0) is 4.74 Å². The lowest BCUT2D eigenvalue weighted by atomic mass is 10.1. The summed E-state index contributed by atoms with van der Waals surface area (Å²) >= 11 is 0. The number of quaternary nitrogens is 1. The summed E-state index contributed by atoms with van der Waals surface area (Å²) in [5, 5.41) is 8.63. The maximum Gasteiger partial charge on any atom is 0.346 e. The number of para-hydroxylation sites is 1. The third kappa shape index (κ3) is 3.85. The lowest BCUT2D eigenvalue weighted by Gasteiger charge is -2.22. The van der Waals surface area contributed by atoms with Crippen molar-refractivity contribution < 1.29 is 24.2 Å². The van der Waals surface area contributed by atoms with Gasteiger partial charge in [0, 0.05) is 0 Å². The van der Waals surface area contributed by atoms with Crippen LogP contribution in [0.5, 0.6) is 0 Å². The molecule has 1 heterocycles. The number of hydrogen-bond acceptors (Lipinski definition) is 4. The molecule has 0 unspecified atom stereocenters. The van der Waals surface area contributed by atoms with Crippen molar-refractivity contribution in [2.75, 3.05) is 21.1 Å². The molecule has 1 N–H and O–H groups in total. The van der Waals surface area contributed by atoms with Crippen LogP contribution in [0.1, 0.15) is 31.1 Å². The Morgan fingerprint density at radius 2 is 1.50 bits per heavy atom. The van der Waals surface area contributed by atoms with Crippen molar-refractivity contribution in [3.63, 3.8) is 0 Å². The average Bonchev–Trinajstić information content (AvgIpc) is 2.82. The van der Waals surface area contributed by atoms with Crippen LogP contribution >= 0.6 is 0 Å². The number of ether oxygens (including phenoxy) is 1. The molecule has 2 aromatic rings. The maximum absolute atomic E-state index is 11.0. The van der Waals surface area contributed by atoms with Gasteiger partial charge in [-0.15, -0.1) is 0 Å². The van der Waals surface area contributed by atoms with Crippen LogP contribution in [0.3, 0.4) is 0 Å². The zero-order valence-electron chi connectivity index (χ0n) is 13.6. The highest BCUT2D eigenvalue weighted by Gasteiger charge is 2.30. The first-order valence-electron chi connectivity index (χ1n) is 7.21. The van der Waals surface area contributed by atoms with Gasteiger partial charge in [0.1, 0.15) is 5.69 Å². The molecule has 1 aliphatic rings. The van der Waals surface area contributed by atoms with Gasteiger partial charge in [-0.05, 0) is 30.3 Å². The molecule has 0 fully saturated rings. The fourth-order valence-electron chi connectivity index (χ4n) is 2.09. The van der Waals surface area contributed by atoms with Gasteiger partial charge in [0.05, 0.1) is 37.8 Å². The molecule has 0 saturated carbocycles. The molecule has 0 amide bonds. The van der Waals surface area contributed by atoms with Crippen LogP contribution < -0.4 is 4.48 Å². The molecule has 0 saturated heterocycles. The molecule has 124 valence electrons. The van der Waals surface area contributed by atoms with E-state index < -0.39 is 17.9 Å². The largest absolute Gasteiger partial charge is 0.478 e. The summed E-state index contributed by atoms with van der Waals surface area (Å²) in [7, 11) is 6.49. The second-order valence-electron chi connectivity index (χ2n) is 6.09. The van der Waals surface area contributed by atoms with E-state index in [1.165, 1.54) is 17.8 Å². The lowest BCUT2D eigenvalue weighted by Crippen LogP contribution is -2.34. The molecule has 3 rings (SSSR count). The summed E-state index contributed by atoms with van der Waals surface area (Å²) < 4.78 is 5.19. The Morgan fingerprint density at radius 1 is 0.917 bits per heavy atom. The third-order valence-electron chi connectivity index (χ3n) is 3.42. The number of nitrogens with zero attached hydrogens (tertiary/aromatic N) is 1. The highest BCUT2D eigenvalue weighted by molar-refractivity contribution is 6.15. The number of esters is 2. The topological polar surface area (TPSA) is 80.7 Å². The van der Waals surface area contributed by atoms with Gasteiger partial charge < -0.3 is 9.84 Å². The third-order valence-corrected chi connectivity index (χ3v) is 3.42. The maximum atomic E-state index is 11.0. The summed E-state index contributed by atoms with van der Waals surface area (Å²) in [6.45, 7) is 0. The molecule has 6 heteroatoms. The summed E-state index contributed by atoms with van der Waals surface area (Å²) in [5.41, 5.74) is 1.41. The van der Waals surface area contributed by atoms with Crippen molar-refractivity contribution in [1.82, 2.24) is 4.48 Å². The van der Waals surface area contributed by atoms with Crippen molar-refractivity contribution in [2.45, 2.75) is 0 Å². The number of fused-ring (bicyclic) bond motifs is 1. The van der Waals surface area contributed by atoms with Crippen molar-refractivity contribution in [2.24, 2.45) is 0 Å². The Bertz CT molecular complexity index is 791. The first-order chi connectivity index (χ1) is 11.2. The van der Waals surface area contributed by atoms with Gasteiger partial charge in [-0.3, -0.25) is 4.48 Å². The van der Waals surface area contributed by atoms with Crippen LogP contribution in [0.25, 0.3) is 0 Å². The standard InChI is InChI=1S/C9H14N.C9H4O5/c1-10(2,3)9-7-5-4-6-8-9;10-7(11)4-1-2-5-6(3-4)9(13)14-8(5)12/h4-8H,1-3H3;1-3H,(H,10,11)/q+1;. The summed E-state index contributed by atoms with van der Waals surface area (Å²) in [6, 6.07) is 14.1. The predicted octanol–water partition coefficient (Wildman–Crippen LogP) is 2.58. The van der Waals surface area contributed by atoms with Crippen molar-refractivity contribution >= 4 is 23.6 Å². The van der Waals surface area contributed by atoms with E-state index >= 15 is 0 Å². The molecule has 0 bridgehead atoms. The van der Waals surface area contributed by atoms with E-state index in [2.05, 4.69) is 50.1 Å². The molecular formula is C18H18NO5+. The van der Waals surface area contributed by atoms with Gasteiger partial charge in [0.15, 0.2) is 0 Å². The first-order valence-corrected chi connectivity index (χ1v) is 7.21. The Labute approximate surface area is 139 Å². The smallest absolute Gasteiger partial charge is 0.346 e. The monoisotopic (exact) mass is 328 g/mol. The highest BCUT2D eigenvalue weighted by atomic mass is 16.6. The number of rotatable bonds is 2. The zero-order valence-corrected chi connectivity index (χ0v) is 13.6. The minimum absolute atomic E-state index is 0.00917. The summed E-state index contributed by atoms with van der Waals surface area (Å²) in [4.78, 5) is 32.5. The number of carbonyl (C=O) groups is 3. The van der Waals surface area contributed by atoms with E-state index in [1.54, 1.807) is 0 Å². The Balaban J connectivity index is 0.000000185. The summed E-state index contributed by atoms with van der Waals surface area (Å²) in [5.74, 6) is -2.69. The van der Waals surface area contributed by atoms with E-state index in [1.807, 2.05) is 6.07 Å². The van der Waals surface area contributed by atoms with Crippen LogP contribution in [0.2, 0.25) is 0 Å². The van der Waals surface area contributed by atoms with Gasteiger partial charge in [-0.25, -0.2) is 14.4 Å². The van der Waals surface area contributed by atoms with E-state index in [4.69, 9.17) is 5.11 Å². The second-order valence-corrected chi connectivity index (χ2v) is 6.09. The van der Waals surface area contributed by atoms with Gasteiger partial charge in [0.25, 0.3) is 0 Å². The highest BCUT2D eigenvalue weighted by Crippen LogP contribution is 2.21. The van der Waals surface area contributed by atoms with Crippen molar-refractivity contribution in [3.8, 4) is 0 Å². The number of carboxylic acids is 1. The molecule has 24 heavy (non-hydrogen) atoms. The molecule has 6 nitrogen and oxygen atoms in total. The normalized spacial score (nSPS) is 12.8. The molecule has 0 aliphatic carbocycles. The molecular weight excluding hydrogens is 310 g/mol. The van der Waals surface area contributed by atoms with Gasteiger partial charge in [0.2, 0.25) is 0 Å². The van der Waals surface area contributed by atoms with E-state index in [-0.39, 0.29) is 16.7 Å². The van der Waals surface area contributed by atoms with Crippen molar-refractivity contribution in [3.05, 3.63) is 65.2 Å². The molecule has 2 aromatic carbocycles. The second kappa shape index (κ2) is 6.64. The molecule has 0 spiro atoms. The number of benzene rings is 2.